The third-order valence-corrected chi connectivity index (χ3v) is 18.7. The Balaban J connectivity index is 3.11. The number of nitrogens with one attached hydrogen (secondary N) is 5. The summed E-state index contributed by atoms with van der Waals surface area (Å²) >= 11 is 0. The van der Waals surface area contributed by atoms with E-state index in [2.05, 4.69) is 26.6 Å². The minimum absolute atomic E-state index is 0.0579. The van der Waals surface area contributed by atoms with Crippen LogP contribution in [0.3, 0.4) is 0 Å². The largest absolute Gasteiger partial charge is 0.459 e. The van der Waals surface area contributed by atoms with Gasteiger partial charge in [-0.1, -0.05) is 102 Å². The second-order valence-electron chi connectivity index (χ2n) is 29.0. The summed E-state index contributed by atoms with van der Waals surface area (Å²) in [6.07, 6.45) is 2.77. The van der Waals surface area contributed by atoms with Crippen molar-refractivity contribution in [3.8, 4) is 0 Å². The van der Waals surface area contributed by atoms with Gasteiger partial charge in [0, 0.05) is 88.4 Å². The summed E-state index contributed by atoms with van der Waals surface area (Å²) in [5.41, 5.74) is 0. The molecule has 98 heavy (non-hydrogen) atoms. The van der Waals surface area contributed by atoms with Crippen LogP contribution in [0.25, 0.3) is 0 Å². The third-order valence-electron chi connectivity index (χ3n) is 18.7. The van der Waals surface area contributed by atoms with Crippen molar-refractivity contribution in [2.75, 3.05) is 88.7 Å². The Morgan fingerprint density at radius 1 is 0.510 bits per heavy atom. The molecule has 0 aliphatic carbocycles. The van der Waals surface area contributed by atoms with Crippen molar-refractivity contribution in [2.45, 2.75) is 229 Å². The lowest BCUT2D eigenvalue weighted by Crippen LogP contribution is -2.64. The van der Waals surface area contributed by atoms with E-state index in [1.54, 1.807) is 72.4 Å². The summed E-state index contributed by atoms with van der Waals surface area (Å²) in [5, 5.41) is 14.2. The van der Waals surface area contributed by atoms with Crippen LogP contribution in [0.15, 0.2) is 12.2 Å². The van der Waals surface area contributed by atoms with E-state index in [0.717, 1.165) is 21.6 Å². The monoisotopic (exact) mass is 1390 g/mol. The number of hydrogen-bond acceptors (Lipinski definition) is 16. The first-order valence-electron chi connectivity index (χ1n) is 34.9. The highest BCUT2D eigenvalue weighted by Crippen LogP contribution is 2.27. The van der Waals surface area contributed by atoms with Crippen LogP contribution in [-0.4, -0.2) is 277 Å². The topological polar surface area (TPSA) is 326 Å². The molecule has 28 nitrogen and oxygen atoms in total. The number of piperazine rings is 1. The van der Waals surface area contributed by atoms with E-state index in [9.17, 15) is 33.6 Å². The molecule has 12 amide bonds. The molecule has 2 aliphatic heterocycles. The van der Waals surface area contributed by atoms with Crippen molar-refractivity contribution < 1.29 is 71.8 Å². The Bertz CT molecular complexity index is 2770. The Morgan fingerprint density at radius 3 is 1.47 bits per heavy atom. The first-order chi connectivity index (χ1) is 45.5. The number of amides is 12. The van der Waals surface area contributed by atoms with Crippen LogP contribution in [0, 0.1) is 41.4 Å². The molecule has 28 heteroatoms. The standard InChI is InChI=1S/C70H123N13O15/c1-26-28-29-44(13)59(98-49(18)84)58-63(89)74-50(27-2)66(92)76(19)48(17)65(91)81(24)57(45(14)37-97-38-54(85)83-32-30-71-31-33-83)62(88)75-55(42(9)10)69(95)77(20)51(34-39(3)4)61(87)72-46(15)60(86)73-47(16)64(90)78(21)52(35-40(5)6)67(93)79(22)53(36-41(7)8)68(94)80(23)56(43(11)12)70(96)82(58)25/h26,28,39-48,50-53,55-59,71H,27,29-38H2,1-25H3,(H,72,87)(H,73,86)(H,74,89)(H,75,88)/b28-26+/t44-,45-,46+,47-,48-,50+,51+,52+,53+,55+,56+,57+,58+,59-/m1/s1. The zero-order valence-corrected chi connectivity index (χ0v) is 63.6. The summed E-state index contributed by atoms with van der Waals surface area (Å²) in [5.74, 6) is -12.5. The molecule has 0 aromatic carbocycles. The van der Waals surface area contributed by atoms with Gasteiger partial charge in [-0.05, 0) is 95.3 Å². The predicted molar refractivity (Wildman–Crippen MR) is 373 cm³/mol. The predicted octanol–water partition coefficient (Wildman–Crippen LogP) is 2.27. The zero-order valence-electron chi connectivity index (χ0n) is 63.6. The van der Waals surface area contributed by atoms with E-state index in [1.807, 2.05) is 41.5 Å². The van der Waals surface area contributed by atoms with E-state index < -0.39 is 167 Å². The van der Waals surface area contributed by atoms with Crippen molar-refractivity contribution in [1.29, 1.82) is 0 Å². The number of carbonyl (C=O) groups is 13. The molecule has 5 N–H and O–H groups in total. The van der Waals surface area contributed by atoms with Crippen molar-refractivity contribution in [1.82, 2.24) is 65.8 Å². The number of carbonyl (C=O) groups excluding carboxylic acids is 13. The highest BCUT2D eigenvalue weighted by atomic mass is 16.5. The molecule has 2 saturated heterocycles. The van der Waals surface area contributed by atoms with Gasteiger partial charge < -0.3 is 75.3 Å². The van der Waals surface area contributed by atoms with Crippen molar-refractivity contribution in [3.05, 3.63) is 12.2 Å². The summed E-state index contributed by atoms with van der Waals surface area (Å²) in [6, 6.07) is -14.6. The fourth-order valence-electron chi connectivity index (χ4n) is 12.6. The normalized spacial score (nSPS) is 26.8. The van der Waals surface area contributed by atoms with Gasteiger partial charge in [0.05, 0.1) is 6.61 Å². The number of rotatable bonds is 19. The average molecular weight is 1390 g/mol. The number of esters is 1. The molecule has 0 radical (unpaired) electrons. The lowest BCUT2D eigenvalue weighted by molar-refractivity contribution is -0.164. The average Bonchev–Trinajstić information content (AvgIpc) is 0.803. The van der Waals surface area contributed by atoms with Gasteiger partial charge >= 0.3 is 5.97 Å². The van der Waals surface area contributed by atoms with Crippen LogP contribution in [0.4, 0.5) is 0 Å². The van der Waals surface area contributed by atoms with Crippen LogP contribution in [0.5, 0.6) is 0 Å². The second kappa shape index (κ2) is 40.1. The quantitative estimate of drug-likeness (QED) is 0.0915. The maximum Gasteiger partial charge on any atom is 0.303 e. The Hall–Kier alpha value is -7.23. The molecule has 2 aliphatic rings. The molecule has 14 atom stereocenters. The van der Waals surface area contributed by atoms with Crippen molar-refractivity contribution in [2.24, 2.45) is 41.4 Å². The molecular formula is C70H123N13O15. The Labute approximate surface area is 583 Å². The van der Waals surface area contributed by atoms with E-state index >= 15 is 28.8 Å². The summed E-state index contributed by atoms with van der Waals surface area (Å²) in [6.45, 7) is 31.7. The first-order valence-corrected chi connectivity index (χ1v) is 34.9. The Kier molecular flexibility index (Phi) is 35.6. The Morgan fingerprint density at radius 2 is 0.980 bits per heavy atom. The van der Waals surface area contributed by atoms with Crippen molar-refractivity contribution >= 4 is 76.9 Å². The lowest BCUT2D eigenvalue weighted by atomic mass is 9.91. The number of ether oxygens (including phenoxy) is 2. The molecule has 2 rings (SSSR count). The van der Waals surface area contributed by atoms with Gasteiger partial charge in [-0.3, -0.25) is 62.3 Å². The molecule has 0 aromatic heterocycles. The van der Waals surface area contributed by atoms with Crippen LogP contribution in [-0.2, 0) is 71.8 Å². The molecule has 0 spiro atoms. The lowest BCUT2D eigenvalue weighted by Gasteiger charge is -2.42. The number of nitrogens with zero attached hydrogens (tertiary/aromatic N) is 8. The molecule has 558 valence electrons. The molecule has 0 bridgehead atoms. The van der Waals surface area contributed by atoms with Gasteiger partial charge in [-0.25, -0.2) is 0 Å². The van der Waals surface area contributed by atoms with Gasteiger partial charge in [-0.2, -0.15) is 0 Å². The fourth-order valence-corrected chi connectivity index (χ4v) is 12.6. The number of likely N-dealkylation sites (N-methyl/N-ethyl adjacent to an activating group) is 7. The molecule has 0 saturated carbocycles. The summed E-state index contributed by atoms with van der Waals surface area (Å²) in [7, 11) is 9.74. The van der Waals surface area contributed by atoms with Gasteiger partial charge in [0.25, 0.3) is 0 Å². The number of hydrogen-bond donors (Lipinski definition) is 5. The highest BCUT2D eigenvalue weighted by molar-refractivity contribution is 6.00. The minimum atomic E-state index is -1.66. The first kappa shape index (κ1) is 86.9. The highest BCUT2D eigenvalue weighted by Gasteiger charge is 2.48. The van der Waals surface area contributed by atoms with E-state index in [4.69, 9.17) is 9.47 Å². The van der Waals surface area contributed by atoms with E-state index in [0.29, 0.717) is 26.2 Å². The van der Waals surface area contributed by atoms with E-state index in [-0.39, 0.29) is 69.0 Å². The second-order valence-corrected chi connectivity index (χ2v) is 29.0. The molecular weight excluding hydrogens is 1260 g/mol. The molecule has 0 aromatic rings. The minimum Gasteiger partial charge on any atom is -0.459 e. The SMILES string of the molecule is C/C=C/C[C@@H](C)[C@@H](OC(C)=O)[C@H]1C(=O)N[C@@H](CC)C(=O)N(C)[C@H](C)C(=O)N(C)[C@@H]([C@H](C)COCC(=O)N2CCNCC2)C(=O)N[C@@H](C(C)C)C(=O)N(C)[C@@H](CC(C)C)C(=O)N[C@@H](C)C(=O)N[C@H](C)C(=O)N(C)[C@@H](CC(C)C)C(=O)N(C)[C@@H](CC(C)C)C(=O)N(C)[C@@H](C(C)C)C(=O)N1C. The third kappa shape index (κ3) is 24.0. The molecule has 2 fully saturated rings. The molecule has 0 unspecified atom stereocenters. The summed E-state index contributed by atoms with van der Waals surface area (Å²) < 4.78 is 11.9. The van der Waals surface area contributed by atoms with Crippen LogP contribution >= 0.6 is 0 Å². The van der Waals surface area contributed by atoms with Crippen LogP contribution in [0.2, 0.25) is 0 Å². The van der Waals surface area contributed by atoms with Crippen LogP contribution in [0.1, 0.15) is 157 Å². The van der Waals surface area contributed by atoms with Gasteiger partial charge in [0.2, 0.25) is 70.9 Å². The fraction of sp³-hybridized carbons (Fsp3) is 0.786. The van der Waals surface area contributed by atoms with E-state index in [1.165, 1.54) is 89.7 Å². The van der Waals surface area contributed by atoms with Gasteiger partial charge in [-0.15, -0.1) is 0 Å². The maximum absolute atomic E-state index is 15.5. The van der Waals surface area contributed by atoms with Crippen LogP contribution < -0.4 is 26.6 Å². The van der Waals surface area contributed by atoms with Gasteiger partial charge in [0.1, 0.15) is 79.2 Å². The summed E-state index contributed by atoms with van der Waals surface area (Å²) in [4.78, 5) is 201. The smallest absolute Gasteiger partial charge is 0.303 e. The van der Waals surface area contributed by atoms with Crippen molar-refractivity contribution in [3.63, 3.8) is 0 Å². The maximum atomic E-state index is 15.5. The number of allylic oxidation sites excluding steroid dienone is 2. The molecule has 2 heterocycles. The van der Waals surface area contributed by atoms with Gasteiger partial charge in [0.15, 0.2) is 0 Å². The zero-order chi connectivity index (χ0) is 75.2.